The van der Waals surface area contributed by atoms with Crippen molar-refractivity contribution in [3.8, 4) is 6.07 Å². The number of unbranched alkanes of at least 4 members (excludes halogenated alkanes) is 2. The average molecular weight is 425 g/mol. The van der Waals surface area contributed by atoms with E-state index in [1.165, 1.54) is 10.5 Å². The Balaban J connectivity index is 2.04. The zero-order valence-corrected chi connectivity index (χ0v) is 18.1. The maximum absolute atomic E-state index is 13.1. The van der Waals surface area contributed by atoms with E-state index in [9.17, 15) is 14.9 Å². The number of nitrogens with zero attached hydrogens (tertiary/aromatic N) is 5. The molecule has 0 unspecified atom stereocenters. The summed E-state index contributed by atoms with van der Waals surface area (Å²) in [5.41, 5.74) is 2.53. The van der Waals surface area contributed by atoms with Crippen LogP contribution in [0.15, 0.2) is 64.5 Å². The summed E-state index contributed by atoms with van der Waals surface area (Å²) in [6, 6.07) is 16.0. The molecule has 0 saturated heterocycles. The predicted octanol–water partition coefficient (Wildman–Crippen LogP) is 3.76. The number of amides is 1. The van der Waals surface area contributed by atoms with E-state index in [0.717, 1.165) is 24.8 Å². The van der Waals surface area contributed by atoms with Gasteiger partial charge in [-0.25, -0.2) is 4.98 Å². The molecular weight excluding hydrogens is 402 g/mol. The molecule has 0 spiro atoms. The highest BCUT2D eigenvalue weighted by Gasteiger charge is 2.15. The summed E-state index contributed by atoms with van der Waals surface area (Å²) in [6.45, 7) is 4.53. The van der Waals surface area contributed by atoms with Crippen LogP contribution in [0.2, 0.25) is 0 Å². The van der Waals surface area contributed by atoms with Gasteiger partial charge in [0.1, 0.15) is 17.4 Å². The number of carbonyl (C=O) groups excluding carboxylic acids is 1. The van der Waals surface area contributed by atoms with Crippen molar-refractivity contribution in [2.75, 3.05) is 0 Å². The topological polar surface area (TPSA) is 92.5 Å². The summed E-state index contributed by atoms with van der Waals surface area (Å²) < 4.78 is 3.19. The number of benzene rings is 1. The molecule has 0 atom stereocenters. The minimum atomic E-state index is -0.442. The number of carbonyl (C=O) groups is 1. The Morgan fingerprint density at radius 3 is 2.66 bits per heavy atom. The van der Waals surface area contributed by atoms with Crippen molar-refractivity contribution in [3.05, 3.63) is 87.3 Å². The Labute approximate surface area is 184 Å². The van der Waals surface area contributed by atoms with Crippen LogP contribution in [-0.4, -0.2) is 19.9 Å². The third-order valence-corrected chi connectivity index (χ3v) is 5.40. The third kappa shape index (κ3) is 3.95. The molecule has 32 heavy (non-hydrogen) atoms. The Bertz CT molecular complexity index is 1490. The first-order chi connectivity index (χ1) is 15.5. The van der Waals surface area contributed by atoms with Gasteiger partial charge in [-0.3, -0.25) is 14.0 Å². The van der Waals surface area contributed by atoms with E-state index in [-0.39, 0.29) is 16.6 Å². The molecule has 0 fully saturated rings. The van der Waals surface area contributed by atoms with Crippen molar-refractivity contribution in [1.29, 1.82) is 5.26 Å². The zero-order valence-electron chi connectivity index (χ0n) is 18.1. The fraction of sp³-hybridized carbons (Fsp3) is 0.240. The number of nitriles is 1. The largest absolute Gasteiger partial charge is 0.309 e. The molecular formula is C25H23N5O2. The van der Waals surface area contributed by atoms with E-state index in [4.69, 9.17) is 4.98 Å². The highest BCUT2D eigenvalue weighted by atomic mass is 16.1. The molecule has 4 aromatic rings. The summed E-state index contributed by atoms with van der Waals surface area (Å²) in [5, 5.41) is 10.2. The van der Waals surface area contributed by atoms with Crippen LogP contribution in [-0.2, 0) is 6.54 Å². The van der Waals surface area contributed by atoms with Gasteiger partial charge in [-0.05, 0) is 43.7 Å². The second kappa shape index (κ2) is 8.98. The number of rotatable bonds is 5. The van der Waals surface area contributed by atoms with E-state index in [1.54, 1.807) is 35.0 Å². The quantitative estimate of drug-likeness (QED) is 0.359. The molecule has 0 radical (unpaired) electrons. The summed E-state index contributed by atoms with van der Waals surface area (Å²) in [7, 11) is 0. The van der Waals surface area contributed by atoms with Crippen molar-refractivity contribution in [3.63, 3.8) is 0 Å². The summed E-state index contributed by atoms with van der Waals surface area (Å²) >= 11 is 0. The molecule has 0 aliphatic heterocycles. The van der Waals surface area contributed by atoms with Gasteiger partial charge < -0.3 is 4.57 Å². The van der Waals surface area contributed by atoms with Gasteiger partial charge in [0.05, 0.1) is 10.9 Å². The van der Waals surface area contributed by atoms with Crippen molar-refractivity contribution in [2.24, 2.45) is 4.99 Å². The lowest BCUT2D eigenvalue weighted by atomic mass is 10.1. The maximum atomic E-state index is 13.1. The number of aromatic nitrogens is 3. The average Bonchev–Trinajstić information content (AvgIpc) is 2.81. The molecule has 0 saturated carbocycles. The van der Waals surface area contributed by atoms with Gasteiger partial charge in [0, 0.05) is 18.3 Å². The smallest absolute Gasteiger partial charge is 0.278 e. The molecule has 7 nitrogen and oxygen atoms in total. The number of fused-ring (bicyclic) bond motifs is 2. The molecule has 1 aromatic carbocycles. The van der Waals surface area contributed by atoms with Crippen LogP contribution in [0.1, 0.15) is 47.7 Å². The Kier molecular flexibility index (Phi) is 5.95. The SMILES string of the molecule is CCCCCn1c(=NC(=O)c2ccc(C)cc2)c(C#N)cc2c(=O)n3ccccc3nc21. The van der Waals surface area contributed by atoms with Gasteiger partial charge in [-0.15, -0.1) is 0 Å². The first-order valence-corrected chi connectivity index (χ1v) is 10.6. The molecule has 0 aliphatic carbocycles. The molecule has 160 valence electrons. The monoisotopic (exact) mass is 425 g/mol. The molecule has 3 aromatic heterocycles. The second-order valence-electron chi connectivity index (χ2n) is 7.72. The molecule has 0 N–H and O–H groups in total. The highest BCUT2D eigenvalue weighted by molar-refractivity contribution is 5.95. The lowest BCUT2D eigenvalue weighted by molar-refractivity contribution is 0.0997. The van der Waals surface area contributed by atoms with Crippen molar-refractivity contribution in [1.82, 2.24) is 14.0 Å². The van der Waals surface area contributed by atoms with Crippen LogP contribution >= 0.6 is 0 Å². The van der Waals surface area contributed by atoms with Gasteiger partial charge in [0.2, 0.25) is 0 Å². The Hall–Kier alpha value is -4.05. The number of pyridine rings is 2. The fourth-order valence-electron chi connectivity index (χ4n) is 3.67. The first kappa shape index (κ1) is 21.2. The van der Waals surface area contributed by atoms with Gasteiger partial charge in [-0.2, -0.15) is 10.3 Å². The Morgan fingerprint density at radius 1 is 1.16 bits per heavy atom. The van der Waals surface area contributed by atoms with E-state index in [0.29, 0.717) is 28.8 Å². The van der Waals surface area contributed by atoms with Gasteiger partial charge >= 0.3 is 0 Å². The normalized spacial score (nSPS) is 11.7. The van der Waals surface area contributed by atoms with Crippen LogP contribution < -0.4 is 11.0 Å². The predicted molar refractivity (Wildman–Crippen MR) is 122 cm³/mol. The summed E-state index contributed by atoms with van der Waals surface area (Å²) in [4.78, 5) is 35.1. The molecule has 3 heterocycles. The zero-order chi connectivity index (χ0) is 22.7. The van der Waals surface area contributed by atoms with Gasteiger partial charge in [0.15, 0.2) is 5.49 Å². The van der Waals surface area contributed by atoms with E-state index in [1.807, 2.05) is 25.1 Å². The summed E-state index contributed by atoms with van der Waals surface area (Å²) in [6.07, 6.45) is 4.42. The summed E-state index contributed by atoms with van der Waals surface area (Å²) in [5.74, 6) is -0.442. The lowest BCUT2D eigenvalue weighted by Crippen LogP contribution is -2.29. The number of aryl methyl sites for hydroxylation is 2. The van der Waals surface area contributed by atoms with Crippen LogP contribution in [0.25, 0.3) is 16.7 Å². The van der Waals surface area contributed by atoms with Crippen LogP contribution in [0, 0.1) is 18.3 Å². The molecule has 0 aliphatic rings. The van der Waals surface area contributed by atoms with Crippen molar-refractivity contribution >= 4 is 22.6 Å². The van der Waals surface area contributed by atoms with Gasteiger partial charge in [0.25, 0.3) is 11.5 Å². The molecule has 1 amide bonds. The number of hydrogen-bond acceptors (Lipinski definition) is 4. The molecule has 4 rings (SSSR count). The van der Waals surface area contributed by atoms with E-state index >= 15 is 0 Å². The van der Waals surface area contributed by atoms with Crippen LogP contribution in [0.5, 0.6) is 0 Å². The maximum Gasteiger partial charge on any atom is 0.278 e. The van der Waals surface area contributed by atoms with E-state index in [2.05, 4.69) is 18.0 Å². The first-order valence-electron chi connectivity index (χ1n) is 10.6. The van der Waals surface area contributed by atoms with Crippen molar-refractivity contribution in [2.45, 2.75) is 39.7 Å². The van der Waals surface area contributed by atoms with Crippen LogP contribution in [0.4, 0.5) is 0 Å². The minimum Gasteiger partial charge on any atom is -0.309 e. The fourth-order valence-corrected chi connectivity index (χ4v) is 3.67. The highest BCUT2D eigenvalue weighted by Crippen LogP contribution is 2.12. The molecule has 0 bridgehead atoms. The standard InChI is InChI=1S/C25H23N5O2/c1-3-4-6-14-30-22(28-24(31)18-11-9-17(2)10-12-18)19(16-26)15-20-23(30)27-21-8-5-7-13-29(21)25(20)32/h5,7-13,15H,3-4,6,14H2,1-2H3. The van der Waals surface area contributed by atoms with Crippen LogP contribution in [0.3, 0.4) is 0 Å². The number of hydrogen-bond donors (Lipinski definition) is 0. The molecule has 7 heteroatoms. The minimum absolute atomic E-state index is 0.171. The lowest BCUT2D eigenvalue weighted by Gasteiger charge is -2.13. The second-order valence-corrected chi connectivity index (χ2v) is 7.72. The van der Waals surface area contributed by atoms with E-state index < -0.39 is 5.91 Å². The van der Waals surface area contributed by atoms with Crippen molar-refractivity contribution < 1.29 is 4.79 Å². The Morgan fingerprint density at radius 2 is 1.94 bits per heavy atom. The van der Waals surface area contributed by atoms with Gasteiger partial charge in [-0.1, -0.05) is 43.5 Å². The third-order valence-electron chi connectivity index (χ3n) is 5.40.